The lowest BCUT2D eigenvalue weighted by Gasteiger charge is -2.27. The first-order chi connectivity index (χ1) is 9.90. The van der Waals surface area contributed by atoms with Crippen LogP contribution in [0.15, 0.2) is 59.1 Å². The summed E-state index contributed by atoms with van der Waals surface area (Å²) in [5.41, 5.74) is 0.201. The number of halogens is 1. The van der Waals surface area contributed by atoms with E-state index in [1.54, 1.807) is 31.2 Å². The largest absolute Gasteiger partial charge is 0.481 e. The van der Waals surface area contributed by atoms with Crippen molar-refractivity contribution in [3.8, 4) is 0 Å². The number of carbonyl (C=O) groups is 1. The molecule has 0 aliphatic rings. The number of carboxylic acids is 1. The molecule has 0 aliphatic heterocycles. The van der Waals surface area contributed by atoms with Gasteiger partial charge in [0.25, 0.3) is 0 Å². The Morgan fingerprint density at radius 1 is 1.14 bits per heavy atom. The van der Waals surface area contributed by atoms with Crippen molar-refractivity contribution in [2.75, 3.05) is 0 Å². The Hall–Kier alpha value is -1.65. The highest BCUT2D eigenvalue weighted by Crippen LogP contribution is 2.33. The van der Waals surface area contributed by atoms with Crippen LogP contribution >= 0.6 is 15.9 Å². The van der Waals surface area contributed by atoms with Crippen LogP contribution in [0.5, 0.6) is 0 Å². The molecule has 2 unspecified atom stereocenters. The Balaban J connectivity index is 2.28. The first-order valence-corrected chi connectivity index (χ1v) is 7.45. The number of rotatable bonds is 5. The molecule has 0 aromatic heterocycles. The highest BCUT2D eigenvalue weighted by atomic mass is 79.9. The Kier molecular flexibility index (Phi) is 4.80. The first-order valence-electron chi connectivity index (χ1n) is 6.66. The maximum Gasteiger partial charge on any atom is 0.311 e. The summed E-state index contributed by atoms with van der Waals surface area (Å²) < 4.78 is 0.894. The molecule has 0 bridgehead atoms. The van der Waals surface area contributed by atoms with Crippen molar-refractivity contribution in [3.05, 3.63) is 70.2 Å². The molecular weight excluding hydrogens is 332 g/mol. The summed E-state index contributed by atoms with van der Waals surface area (Å²) in [6, 6.07) is 16.3. The van der Waals surface area contributed by atoms with Gasteiger partial charge in [0.1, 0.15) is 0 Å². The predicted octanol–water partition coefficient (Wildman–Crippen LogP) is 3.92. The zero-order valence-corrected chi connectivity index (χ0v) is 13.2. The van der Waals surface area contributed by atoms with Crippen LogP contribution in [0.3, 0.4) is 0 Å². The fraction of sp³-hybridized carbons (Fsp3) is 0.235. The highest BCUT2D eigenvalue weighted by molar-refractivity contribution is 9.10. The van der Waals surface area contributed by atoms with Crippen LogP contribution in [0.2, 0.25) is 0 Å². The van der Waals surface area contributed by atoms with Crippen LogP contribution in [0.4, 0.5) is 0 Å². The van der Waals surface area contributed by atoms with E-state index in [0.29, 0.717) is 11.1 Å². The van der Waals surface area contributed by atoms with Gasteiger partial charge in [-0.3, -0.25) is 4.79 Å². The molecule has 2 aromatic carbocycles. The van der Waals surface area contributed by atoms with Crippen molar-refractivity contribution in [3.63, 3.8) is 0 Å². The smallest absolute Gasteiger partial charge is 0.311 e. The molecule has 110 valence electrons. The summed E-state index contributed by atoms with van der Waals surface area (Å²) in [4.78, 5) is 11.6. The van der Waals surface area contributed by atoms with E-state index < -0.39 is 17.5 Å². The van der Waals surface area contributed by atoms with Gasteiger partial charge in [0.05, 0.1) is 11.5 Å². The van der Waals surface area contributed by atoms with Crippen molar-refractivity contribution in [2.24, 2.45) is 0 Å². The number of aliphatic carboxylic acids is 1. The maximum atomic E-state index is 11.6. The molecule has 3 nitrogen and oxygen atoms in total. The monoisotopic (exact) mass is 348 g/mol. The summed E-state index contributed by atoms with van der Waals surface area (Å²) in [5, 5.41) is 20.1. The first kappa shape index (κ1) is 15.7. The second-order valence-corrected chi connectivity index (χ2v) is 6.20. The molecule has 2 N–H and O–H groups in total. The van der Waals surface area contributed by atoms with Gasteiger partial charge in [-0.05, 0) is 36.6 Å². The zero-order chi connectivity index (χ0) is 15.5. The van der Waals surface area contributed by atoms with Gasteiger partial charge < -0.3 is 10.2 Å². The highest BCUT2D eigenvalue weighted by Gasteiger charge is 2.32. The summed E-state index contributed by atoms with van der Waals surface area (Å²) >= 11 is 3.33. The molecule has 2 atom stereocenters. The van der Waals surface area contributed by atoms with Gasteiger partial charge >= 0.3 is 5.97 Å². The van der Waals surface area contributed by atoms with E-state index in [1.165, 1.54) is 0 Å². The molecule has 0 amide bonds. The second-order valence-electron chi connectivity index (χ2n) is 5.29. The number of aliphatic hydroxyl groups is 1. The van der Waals surface area contributed by atoms with Gasteiger partial charge in [0, 0.05) is 4.47 Å². The van der Waals surface area contributed by atoms with Gasteiger partial charge in [-0.2, -0.15) is 0 Å². The normalized spacial score (nSPS) is 15.2. The molecule has 4 heteroatoms. The Bertz CT molecular complexity index is 606. The number of benzene rings is 2. The number of carboxylic acid groups (broad SMARTS) is 1. The second kappa shape index (κ2) is 6.41. The fourth-order valence-corrected chi connectivity index (χ4v) is 2.62. The van der Waals surface area contributed by atoms with E-state index in [4.69, 9.17) is 0 Å². The molecule has 0 saturated carbocycles. The third-order valence-electron chi connectivity index (χ3n) is 3.57. The molecule has 0 fully saturated rings. The van der Waals surface area contributed by atoms with Crippen LogP contribution in [-0.2, 0) is 10.4 Å². The minimum absolute atomic E-state index is 0.119. The number of hydrogen-bond donors (Lipinski definition) is 2. The molecule has 0 saturated heterocycles. The quantitative estimate of drug-likeness (QED) is 0.860. The lowest BCUT2D eigenvalue weighted by molar-refractivity contribution is -0.140. The third-order valence-corrected chi connectivity index (χ3v) is 4.10. The van der Waals surface area contributed by atoms with E-state index >= 15 is 0 Å². The van der Waals surface area contributed by atoms with Crippen LogP contribution in [0.1, 0.15) is 30.4 Å². The van der Waals surface area contributed by atoms with E-state index in [0.717, 1.165) is 4.47 Å². The van der Waals surface area contributed by atoms with E-state index in [2.05, 4.69) is 15.9 Å². The average Bonchev–Trinajstić information content (AvgIpc) is 2.47. The lowest BCUT2D eigenvalue weighted by atomic mass is 9.83. The standard InChI is InChI=1S/C17H17BrO3/c1-17(21,13-5-3-2-4-6-13)11-15(16(19)20)12-7-9-14(18)10-8-12/h2-10,15,21H,11H2,1H3,(H,19,20). The van der Waals surface area contributed by atoms with Gasteiger partial charge in [-0.1, -0.05) is 58.4 Å². The van der Waals surface area contributed by atoms with E-state index in [9.17, 15) is 15.0 Å². The summed E-state index contributed by atoms with van der Waals surface area (Å²) in [5.74, 6) is -1.69. The van der Waals surface area contributed by atoms with E-state index in [1.807, 2.05) is 30.3 Å². The van der Waals surface area contributed by atoms with Crippen molar-refractivity contribution >= 4 is 21.9 Å². The zero-order valence-electron chi connectivity index (χ0n) is 11.7. The topological polar surface area (TPSA) is 57.5 Å². The molecule has 0 radical (unpaired) electrons. The molecule has 0 aliphatic carbocycles. The molecule has 0 spiro atoms. The van der Waals surface area contributed by atoms with Crippen molar-refractivity contribution < 1.29 is 15.0 Å². The van der Waals surface area contributed by atoms with Gasteiger partial charge in [-0.15, -0.1) is 0 Å². The average molecular weight is 349 g/mol. The van der Waals surface area contributed by atoms with Crippen LogP contribution in [0.25, 0.3) is 0 Å². The molecule has 0 heterocycles. The Labute approximate surface area is 132 Å². The van der Waals surface area contributed by atoms with Gasteiger partial charge in [0.15, 0.2) is 0 Å². The molecule has 2 aromatic rings. The van der Waals surface area contributed by atoms with Crippen molar-refractivity contribution in [1.29, 1.82) is 0 Å². The molecular formula is C17H17BrO3. The SMILES string of the molecule is CC(O)(CC(C(=O)O)c1ccc(Br)cc1)c1ccccc1. The summed E-state index contributed by atoms with van der Waals surface area (Å²) in [6.45, 7) is 1.65. The maximum absolute atomic E-state index is 11.6. The van der Waals surface area contributed by atoms with Crippen LogP contribution in [-0.4, -0.2) is 16.2 Å². The van der Waals surface area contributed by atoms with Crippen LogP contribution < -0.4 is 0 Å². The predicted molar refractivity (Wildman–Crippen MR) is 85.1 cm³/mol. The van der Waals surface area contributed by atoms with Crippen molar-refractivity contribution in [1.82, 2.24) is 0 Å². The van der Waals surface area contributed by atoms with Crippen LogP contribution in [0, 0.1) is 0 Å². The molecule has 21 heavy (non-hydrogen) atoms. The number of hydrogen-bond acceptors (Lipinski definition) is 2. The summed E-state index contributed by atoms with van der Waals surface area (Å²) in [7, 11) is 0. The van der Waals surface area contributed by atoms with Gasteiger partial charge in [0.2, 0.25) is 0 Å². The van der Waals surface area contributed by atoms with Crippen molar-refractivity contribution in [2.45, 2.75) is 24.9 Å². The minimum Gasteiger partial charge on any atom is -0.481 e. The fourth-order valence-electron chi connectivity index (χ4n) is 2.36. The Morgan fingerprint density at radius 3 is 2.24 bits per heavy atom. The Morgan fingerprint density at radius 2 is 1.71 bits per heavy atom. The third kappa shape index (κ3) is 3.93. The summed E-state index contributed by atoms with van der Waals surface area (Å²) in [6.07, 6.45) is 0.119. The van der Waals surface area contributed by atoms with Gasteiger partial charge in [-0.25, -0.2) is 0 Å². The van der Waals surface area contributed by atoms with E-state index in [-0.39, 0.29) is 6.42 Å². The minimum atomic E-state index is -1.20. The molecule has 2 rings (SSSR count). The lowest BCUT2D eigenvalue weighted by Crippen LogP contribution is -2.27.